The second-order valence-electron chi connectivity index (χ2n) is 7.91. The van der Waals surface area contributed by atoms with Crippen molar-refractivity contribution in [2.24, 2.45) is 0 Å². The summed E-state index contributed by atoms with van der Waals surface area (Å²) in [5.74, 6) is 0.765. The van der Waals surface area contributed by atoms with E-state index in [1.165, 1.54) is 5.56 Å². The van der Waals surface area contributed by atoms with E-state index in [0.29, 0.717) is 17.4 Å². The number of aryl methyl sites for hydroxylation is 1. The van der Waals surface area contributed by atoms with Crippen molar-refractivity contribution in [2.75, 3.05) is 5.32 Å². The zero-order valence-corrected chi connectivity index (χ0v) is 19.1. The number of nitrogens with one attached hydrogen (secondary N) is 2. The van der Waals surface area contributed by atoms with Crippen LogP contribution in [0.2, 0.25) is 0 Å². The van der Waals surface area contributed by atoms with Crippen molar-refractivity contribution < 1.29 is 9.21 Å². The number of anilines is 1. The van der Waals surface area contributed by atoms with Gasteiger partial charge in [-0.05, 0) is 79.5 Å². The van der Waals surface area contributed by atoms with E-state index in [-0.39, 0.29) is 11.0 Å². The molecule has 5 nitrogen and oxygen atoms in total. The van der Waals surface area contributed by atoms with Crippen molar-refractivity contribution in [3.63, 3.8) is 0 Å². The first-order valence-corrected chi connectivity index (χ1v) is 11.0. The fourth-order valence-corrected chi connectivity index (χ4v) is 3.67. The van der Waals surface area contributed by atoms with E-state index in [4.69, 9.17) is 16.6 Å². The summed E-state index contributed by atoms with van der Waals surface area (Å²) in [7, 11) is 0. The molecule has 0 spiro atoms. The van der Waals surface area contributed by atoms with Crippen molar-refractivity contribution in [3.8, 4) is 11.5 Å². The third-order valence-electron chi connectivity index (χ3n) is 5.47. The highest BCUT2D eigenvalue weighted by atomic mass is 32.1. The second-order valence-corrected chi connectivity index (χ2v) is 8.32. The Morgan fingerprint density at radius 1 is 1.09 bits per heavy atom. The predicted molar refractivity (Wildman–Crippen MR) is 133 cm³/mol. The Bertz CT molecular complexity index is 1300. The van der Waals surface area contributed by atoms with Gasteiger partial charge in [0.2, 0.25) is 5.89 Å². The van der Waals surface area contributed by atoms with Gasteiger partial charge in [-0.15, -0.1) is 0 Å². The standard InChI is InChI=1S/C26H25N3O2S/c1-4-17(3)18-11-12-23-22(15-18)28-25(31-23)20-9-6-10-21(14-20)27-26(32)29-24(30)19-8-5-7-16(2)13-19/h5-15,17H,4H2,1-3H3,(H2,27,29,30,32). The van der Waals surface area contributed by atoms with Crippen LogP contribution < -0.4 is 10.6 Å². The largest absolute Gasteiger partial charge is 0.436 e. The number of hydrogen-bond acceptors (Lipinski definition) is 4. The Labute approximate surface area is 192 Å². The minimum absolute atomic E-state index is 0.226. The molecule has 1 unspecified atom stereocenters. The molecule has 1 heterocycles. The van der Waals surface area contributed by atoms with Gasteiger partial charge in [0.05, 0.1) is 0 Å². The van der Waals surface area contributed by atoms with Gasteiger partial charge in [-0.2, -0.15) is 0 Å². The lowest BCUT2D eigenvalue weighted by molar-refractivity contribution is 0.0977. The highest BCUT2D eigenvalue weighted by molar-refractivity contribution is 7.80. The van der Waals surface area contributed by atoms with Crippen LogP contribution in [0.25, 0.3) is 22.6 Å². The van der Waals surface area contributed by atoms with E-state index in [9.17, 15) is 4.79 Å². The molecular weight excluding hydrogens is 418 g/mol. The van der Waals surface area contributed by atoms with Crippen LogP contribution in [0.1, 0.15) is 47.7 Å². The molecule has 3 aromatic carbocycles. The molecule has 162 valence electrons. The Balaban J connectivity index is 1.49. The molecule has 1 atom stereocenters. The van der Waals surface area contributed by atoms with Crippen LogP contribution in [0.5, 0.6) is 0 Å². The number of oxazole rings is 1. The van der Waals surface area contributed by atoms with Gasteiger partial charge < -0.3 is 9.73 Å². The van der Waals surface area contributed by atoms with Crippen LogP contribution in [-0.4, -0.2) is 16.0 Å². The third kappa shape index (κ3) is 4.86. The van der Waals surface area contributed by atoms with Crippen LogP contribution in [0.3, 0.4) is 0 Å². The Morgan fingerprint density at radius 2 is 1.91 bits per heavy atom. The van der Waals surface area contributed by atoms with Crippen molar-refractivity contribution in [1.82, 2.24) is 10.3 Å². The number of nitrogens with zero attached hydrogens (tertiary/aromatic N) is 1. The van der Waals surface area contributed by atoms with Gasteiger partial charge in [-0.3, -0.25) is 10.1 Å². The third-order valence-corrected chi connectivity index (χ3v) is 5.67. The van der Waals surface area contributed by atoms with Gasteiger partial charge in [0.25, 0.3) is 5.91 Å². The molecular formula is C26H25N3O2S. The molecule has 0 saturated carbocycles. The second kappa shape index (κ2) is 9.32. The number of hydrogen-bond donors (Lipinski definition) is 2. The Kier molecular flexibility index (Phi) is 6.32. The van der Waals surface area contributed by atoms with E-state index in [0.717, 1.165) is 34.3 Å². The molecule has 32 heavy (non-hydrogen) atoms. The Hall–Kier alpha value is -3.51. The van der Waals surface area contributed by atoms with Gasteiger partial charge in [0.1, 0.15) is 5.52 Å². The fraction of sp³-hybridized carbons (Fsp3) is 0.192. The van der Waals surface area contributed by atoms with Crippen LogP contribution in [0.15, 0.2) is 71.1 Å². The number of benzene rings is 3. The molecule has 0 aliphatic rings. The lowest BCUT2D eigenvalue weighted by atomic mass is 9.98. The highest BCUT2D eigenvalue weighted by Gasteiger charge is 2.12. The molecule has 0 aliphatic heterocycles. The summed E-state index contributed by atoms with van der Waals surface area (Å²) in [6.45, 7) is 6.32. The summed E-state index contributed by atoms with van der Waals surface area (Å²) >= 11 is 5.33. The lowest BCUT2D eigenvalue weighted by Crippen LogP contribution is -2.34. The zero-order valence-electron chi connectivity index (χ0n) is 18.3. The van der Waals surface area contributed by atoms with Crippen LogP contribution in [-0.2, 0) is 0 Å². The van der Waals surface area contributed by atoms with Crippen molar-refractivity contribution in [3.05, 3.63) is 83.4 Å². The summed E-state index contributed by atoms with van der Waals surface area (Å²) in [5, 5.41) is 6.01. The Morgan fingerprint density at radius 3 is 2.69 bits per heavy atom. The van der Waals surface area contributed by atoms with Crippen molar-refractivity contribution >= 4 is 40.0 Å². The number of fused-ring (bicyclic) bond motifs is 1. The molecule has 0 radical (unpaired) electrons. The SMILES string of the molecule is CCC(C)c1ccc2oc(-c3cccc(NC(=S)NC(=O)c4cccc(C)c4)c3)nc2c1. The highest BCUT2D eigenvalue weighted by Crippen LogP contribution is 2.29. The van der Waals surface area contributed by atoms with E-state index >= 15 is 0 Å². The minimum Gasteiger partial charge on any atom is -0.436 e. The first kappa shape index (κ1) is 21.7. The topological polar surface area (TPSA) is 67.2 Å². The molecule has 0 aliphatic carbocycles. The summed E-state index contributed by atoms with van der Waals surface area (Å²) in [4.78, 5) is 17.1. The maximum atomic E-state index is 12.4. The molecule has 0 fully saturated rings. The summed E-state index contributed by atoms with van der Waals surface area (Å²) in [6, 6.07) is 21.1. The first-order chi connectivity index (χ1) is 15.4. The van der Waals surface area contributed by atoms with E-state index in [1.807, 2.05) is 55.5 Å². The molecule has 2 N–H and O–H groups in total. The smallest absolute Gasteiger partial charge is 0.257 e. The average molecular weight is 444 g/mol. The summed E-state index contributed by atoms with van der Waals surface area (Å²) in [5.41, 5.74) is 5.99. The van der Waals surface area contributed by atoms with Gasteiger partial charge in [0.15, 0.2) is 10.7 Å². The number of carbonyl (C=O) groups excluding carboxylic acids is 1. The molecule has 4 aromatic rings. The zero-order chi connectivity index (χ0) is 22.7. The van der Waals surface area contributed by atoms with E-state index in [2.05, 4.69) is 41.6 Å². The van der Waals surface area contributed by atoms with Gasteiger partial charge in [0, 0.05) is 16.8 Å². The molecule has 4 rings (SSSR count). The summed E-state index contributed by atoms with van der Waals surface area (Å²) in [6.07, 6.45) is 1.07. The van der Waals surface area contributed by atoms with Gasteiger partial charge in [-0.1, -0.05) is 43.7 Å². The van der Waals surface area contributed by atoms with Crippen molar-refractivity contribution in [2.45, 2.75) is 33.1 Å². The maximum absolute atomic E-state index is 12.4. The van der Waals surface area contributed by atoms with Crippen LogP contribution in [0.4, 0.5) is 5.69 Å². The van der Waals surface area contributed by atoms with Crippen molar-refractivity contribution in [1.29, 1.82) is 0 Å². The van der Waals surface area contributed by atoms with E-state index < -0.39 is 0 Å². The predicted octanol–water partition coefficient (Wildman–Crippen LogP) is 6.44. The molecule has 6 heteroatoms. The number of carbonyl (C=O) groups is 1. The van der Waals surface area contributed by atoms with Gasteiger partial charge in [-0.25, -0.2) is 4.98 Å². The van der Waals surface area contributed by atoms with Crippen LogP contribution in [0, 0.1) is 6.92 Å². The summed E-state index contributed by atoms with van der Waals surface area (Å²) < 4.78 is 5.97. The minimum atomic E-state index is -0.251. The van der Waals surface area contributed by atoms with Crippen LogP contribution >= 0.6 is 12.2 Å². The monoisotopic (exact) mass is 443 g/mol. The van der Waals surface area contributed by atoms with E-state index in [1.54, 1.807) is 6.07 Å². The molecule has 1 amide bonds. The number of amides is 1. The van der Waals surface area contributed by atoms with Gasteiger partial charge >= 0.3 is 0 Å². The lowest BCUT2D eigenvalue weighted by Gasteiger charge is -2.10. The number of thiocarbonyl (C=S) groups is 1. The normalized spacial score (nSPS) is 11.8. The number of rotatable bonds is 5. The number of aromatic nitrogens is 1. The molecule has 0 saturated heterocycles. The first-order valence-electron chi connectivity index (χ1n) is 10.6. The molecule has 1 aromatic heterocycles. The maximum Gasteiger partial charge on any atom is 0.257 e. The average Bonchev–Trinajstić information content (AvgIpc) is 3.22. The quantitative estimate of drug-likeness (QED) is 0.347. The fourth-order valence-electron chi connectivity index (χ4n) is 3.46. The molecule has 0 bridgehead atoms.